The second-order valence-electron chi connectivity index (χ2n) is 25.9. The topological polar surface area (TPSA) is 16.3 Å². The number of halogens is 2. The van der Waals surface area contributed by atoms with Crippen LogP contribution in [0.2, 0.25) is 0 Å². The van der Waals surface area contributed by atoms with Crippen LogP contribution in [-0.4, -0.2) is 9.13 Å². The van der Waals surface area contributed by atoms with Gasteiger partial charge in [0.1, 0.15) is 0 Å². The second kappa shape index (κ2) is 21.8. The van der Waals surface area contributed by atoms with Gasteiger partial charge in [-0.2, -0.15) is 0 Å². The first-order valence-corrected chi connectivity index (χ1v) is 34.7. The van der Waals surface area contributed by atoms with Crippen molar-refractivity contribution in [1.29, 1.82) is 0 Å². The lowest BCUT2D eigenvalue weighted by Gasteiger charge is -2.32. The maximum Gasteiger partial charge on any atom is 0.0726 e. The number of hydrogen-bond donors (Lipinski definition) is 0. The van der Waals surface area contributed by atoms with Gasteiger partial charge in [0.25, 0.3) is 0 Å². The molecule has 0 saturated heterocycles. The van der Waals surface area contributed by atoms with E-state index in [-0.39, 0.29) is 0 Å². The molecule has 6 heteroatoms. The summed E-state index contributed by atoms with van der Waals surface area (Å²) in [6, 6.07) is 126. The van der Waals surface area contributed by atoms with Crippen LogP contribution in [0.25, 0.3) is 121 Å². The van der Waals surface area contributed by atoms with Gasteiger partial charge in [0.2, 0.25) is 0 Å². The van der Waals surface area contributed by atoms with Crippen LogP contribution in [0.3, 0.4) is 0 Å². The molecule has 0 aliphatic heterocycles. The van der Waals surface area contributed by atoms with E-state index in [4.69, 9.17) is 0 Å². The van der Waals surface area contributed by atoms with Crippen molar-refractivity contribution in [3.05, 3.63) is 371 Å². The van der Waals surface area contributed by atoms with E-state index in [0.29, 0.717) is 0 Å². The molecule has 16 aromatic carbocycles. The van der Waals surface area contributed by atoms with E-state index < -0.39 is 5.41 Å². The zero-order valence-electron chi connectivity index (χ0n) is 52.4. The van der Waals surface area contributed by atoms with Crippen LogP contribution in [-0.2, 0) is 5.41 Å². The molecule has 0 radical (unpaired) electrons. The van der Waals surface area contributed by atoms with Crippen molar-refractivity contribution in [2.45, 2.75) is 5.41 Å². The number of fused-ring (bicyclic) bond motifs is 19. The number of rotatable bonds is 9. The fourth-order valence-corrected chi connectivity index (χ4v) is 17.6. The molecule has 454 valence electrons. The molecular formula is C91H56Br2N4. The van der Waals surface area contributed by atoms with Crippen LogP contribution in [0.15, 0.2) is 349 Å². The Morgan fingerprint density at radius 1 is 0.237 bits per heavy atom. The molecule has 4 nitrogen and oxygen atoms in total. The first-order valence-electron chi connectivity index (χ1n) is 33.1. The molecule has 0 atom stereocenters. The fourth-order valence-electron chi connectivity index (χ4n) is 16.6. The van der Waals surface area contributed by atoms with Gasteiger partial charge in [0.15, 0.2) is 0 Å². The number of para-hydroxylation sites is 4. The molecule has 2 heterocycles. The van der Waals surface area contributed by atoms with Gasteiger partial charge in [-0.25, -0.2) is 0 Å². The molecule has 0 fully saturated rings. The average Bonchev–Trinajstić information content (AvgIpc) is 1.51. The summed E-state index contributed by atoms with van der Waals surface area (Å²) >= 11 is 8.13. The minimum atomic E-state index is -0.611. The third-order valence-corrected chi connectivity index (χ3v) is 21.6. The van der Waals surface area contributed by atoms with E-state index >= 15 is 0 Å². The van der Waals surface area contributed by atoms with Crippen LogP contribution in [0.4, 0.5) is 34.1 Å². The van der Waals surface area contributed by atoms with Gasteiger partial charge >= 0.3 is 0 Å². The van der Waals surface area contributed by atoms with Crippen LogP contribution < -0.4 is 9.80 Å². The molecule has 20 rings (SSSR count). The molecule has 2 aliphatic carbocycles. The molecular weight excluding hydrogens is 1310 g/mol. The Hall–Kier alpha value is -11.5. The van der Waals surface area contributed by atoms with Crippen molar-refractivity contribution in [1.82, 2.24) is 9.13 Å². The largest absolute Gasteiger partial charge is 0.310 e. The highest BCUT2D eigenvalue weighted by Gasteiger charge is 2.52. The molecule has 1 spiro atoms. The predicted octanol–water partition coefficient (Wildman–Crippen LogP) is 25.8. The Kier molecular flexibility index (Phi) is 12.5. The summed E-state index contributed by atoms with van der Waals surface area (Å²) in [7, 11) is 0. The molecule has 2 aliphatic rings. The zero-order chi connectivity index (χ0) is 64.0. The number of hydrogen-bond acceptors (Lipinski definition) is 2. The Labute approximate surface area is 577 Å². The van der Waals surface area contributed by atoms with Crippen LogP contribution >= 0.6 is 31.9 Å². The molecule has 97 heavy (non-hydrogen) atoms. The Balaban J connectivity index is 0.760. The minimum Gasteiger partial charge on any atom is -0.310 e. The van der Waals surface area contributed by atoms with Crippen molar-refractivity contribution >= 4 is 142 Å². The molecule has 0 unspecified atom stereocenters. The van der Waals surface area contributed by atoms with E-state index in [1.807, 2.05) is 0 Å². The van der Waals surface area contributed by atoms with Crippen molar-refractivity contribution in [3.63, 3.8) is 0 Å². The maximum atomic E-state index is 4.10. The Morgan fingerprint density at radius 2 is 0.660 bits per heavy atom. The summed E-state index contributed by atoms with van der Waals surface area (Å²) in [6.45, 7) is 0. The van der Waals surface area contributed by atoms with Crippen LogP contribution in [0, 0.1) is 0 Å². The van der Waals surface area contributed by atoms with Crippen molar-refractivity contribution in [2.75, 3.05) is 9.80 Å². The van der Waals surface area contributed by atoms with Gasteiger partial charge in [-0.15, -0.1) is 0 Å². The third kappa shape index (κ3) is 8.53. The standard InChI is InChI=1S/C91H56Br2N4/c92-64-50-69(54-71(52-64)96-87-31-13-7-25-77(87)78-26-8-14-32-88(78)96)94(66-41-38-57-18-1-2-20-60(57)47-66)67-42-39-58-36-37-61(46-63(58)48-67)62-40-45-84-81(49-62)76-44-43-68(56-85(76)91(84)82-29-11-5-23-74(82)75-24-6-12-30-83(75)91)95(86-35-17-21-59-19-3-4-22-73(59)86)70-51-65(93)53-72(55-70)97-89-33-15-9-27-79(89)80-28-10-16-34-90(80)97/h1-56H. The summed E-state index contributed by atoms with van der Waals surface area (Å²) in [5.74, 6) is 0. The highest BCUT2D eigenvalue weighted by molar-refractivity contribution is 9.10. The van der Waals surface area contributed by atoms with E-state index in [9.17, 15) is 0 Å². The van der Waals surface area contributed by atoms with Gasteiger partial charge in [0.05, 0.1) is 33.2 Å². The summed E-state index contributed by atoms with van der Waals surface area (Å²) in [6.07, 6.45) is 0. The third-order valence-electron chi connectivity index (χ3n) is 20.7. The lowest BCUT2D eigenvalue weighted by molar-refractivity contribution is 0.794. The van der Waals surface area contributed by atoms with Crippen molar-refractivity contribution in [3.8, 4) is 44.8 Å². The Morgan fingerprint density at radius 3 is 1.27 bits per heavy atom. The maximum absolute atomic E-state index is 4.10. The van der Waals surface area contributed by atoms with Crippen molar-refractivity contribution < 1.29 is 0 Å². The number of nitrogens with zero attached hydrogens (tertiary/aromatic N) is 4. The number of aromatic nitrogens is 2. The van der Waals surface area contributed by atoms with E-state index in [2.05, 4.69) is 391 Å². The van der Waals surface area contributed by atoms with Gasteiger partial charge < -0.3 is 18.9 Å². The smallest absolute Gasteiger partial charge is 0.0726 e. The lowest BCUT2D eigenvalue weighted by atomic mass is 9.70. The molecule has 0 bridgehead atoms. The zero-order valence-corrected chi connectivity index (χ0v) is 55.5. The first-order chi connectivity index (χ1) is 47.9. The molecule has 0 saturated carbocycles. The minimum absolute atomic E-state index is 0.611. The van der Waals surface area contributed by atoms with Gasteiger partial charge in [-0.1, -0.05) is 256 Å². The fraction of sp³-hybridized carbons (Fsp3) is 0.0110. The monoisotopic (exact) mass is 1360 g/mol. The van der Waals surface area contributed by atoms with E-state index in [0.717, 1.165) is 71.0 Å². The lowest BCUT2D eigenvalue weighted by Crippen LogP contribution is -2.26. The van der Waals surface area contributed by atoms with Gasteiger partial charge in [-0.05, 0) is 198 Å². The van der Waals surface area contributed by atoms with Gasteiger partial charge in [-0.3, -0.25) is 0 Å². The van der Waals surface area contributed by atoms with Crippen molar-refractivity contribution in [2.24, 2.45) is 0 Å². The van der Waals surface area contributed by atoms with E-state index in [1.54, 1.807) is 0 Å². The van der Waals surface area contributed by atoms with Crippen LogP contribution in [0.5, 0.6) is 0 Å². The highest BCUT2D eigenvalue weighted by atomic mass is 79.9. The van der Waals surface area contributed by atoms with Crippen LogP contribution in [0.1, 0.15) is 22.3 Å². The first kappa shape index (κ1) is 55.9. The number of anilines is 6. The Bertz CT molecular complexity index is 6190. The second-order valence-corrected chi connectivity index (χ2v) is 27.7. The quantitative estimate of drug-likeness (QED) is 0.143. The SMILES string of the molecule is Brc1cc(N(c2ccc3ccccc3c2)c2ccc3ccc(-c4ccc5c(c4)-c4ccc(N(c6cc(Br)cc(-n7c8ccccc8c8ccccc87)c6)c6cccc7ccccc67)cc4C54c5ccccc5-c5ccccc54)cc3c2)cc(-n2c3ccccc3c3ccccc32)c1. The highest BCUT2D eigenvalue weighted by Crippen LogP contribution is 2.64. The van der Waals surface area contributed by atoms with E-state index in [1.165, 1.54) is 115 Å². The summed E-state index contributed by atoms with van der Waals surface area (Å²) in [4.78, 5) is 4.91. The van der Waals surface area contributed by atoms with Gasteiger partial charge in [0, 0.05) is 75.7 Å². The molecule has 18 aromatic rings. The normalized spacial score (nSPS) is 12.7. The number of benzene rings is 16. The average molecular weight is 1370 g/mol. The molecule has 0 amide bonds. The predicted molar refractivity (Wildman–Crippen MR) is 414 cm³/mol. The summed E-state index contributed by atoms with van der Waals surface area (Å²) < 4.78 is 6.80. The summed E-state index contributed by atoms with van der Waals surface area (Å²) in [5.41, 5.74) is 25.1. The summed E-state index contributed by atoms with van der Waals surface area (Å²) in [5, 5.41) is 12.0. The molecule has 0 N–H and O–H groups in total. The molecule has 2 aromatic heterocycles.